The van der Waals surface area contributed by atoms with Gasteiger partial charge in [-0.05, 0) is 38.1 Å². The van der Waals surface area contributed by atoms with Crippen LogP contribution in [0.25, 0.3) is 11.3 Å². The summed E-state index contributed by atoms with van der Waals surface area (Å²) in [6, 6.07) is 6.61. The van der Waals surface area contributed by atoms with Crippen LogP contribution in [0.15, 0.2) is 41.2 Å². The molecule has 0 aliphatic heterocycles. The molecule has 1 amide bonds. The van der Waals surface area contributed by atoms with E-state index in [1.54, 1.807) is 35.0 Å². The predicted octanol–water partition coefficient (Wildman–Crippen LogP) is 0.563. The Morgan fingerprint density at radius 3 is 2.55 bits per heavy atom. The Kier molecular flexibility index (Phi) is 8.23. The number of phenols is 1. The molecule has 0 atom stereocenters. The van der Waals surface area contributed by atoms with Gasteiger partial charge in [-0.1, -0.05) is 5.16 Å². The van der Waals surface area contributed by atoms with Crippen LogP contribution in [0.5, 0.6) is 5.75 Å². The van der Waals surface area contributed by atoms with Crippen LogP contribution in [0.4, 0.5) is 5.69 Å². The van der Waals surface area contributed by atoms with Crippen molar-refractivity contribution in [2.75, 3.05) is 5.32 Å². The van der Waals surface area contributed by atoms with E-state index in [1.165, 1.54) is 6.20 Å². The zero-order valence-electron chi connectivity index (χ0n) is 17.6. The largest absolute Gasteiger partial charge is 1.00 e. The second kappa shape index (κ2) is 10.2. The summed E-state index contributed by atoms with van der Waals surface area (Å²) in [5.74, 6) is -0.646. The number of benzene rings is 1. The number of nitrogens with zero attached hydrogens (tertiary/aromatic N) is 2. The molecule has 29 heavy (non-hydrogen) atoms. The number of hydrogen-bond acceptors (Lipinski definition) is 5. The molecule has 0 spiro atoms. The van der Waals surface area contributed by atoms with Gasteiger partial charge in [-0.3, -0.25) is 4.79 Å². The molecule has 8 nitrogen and oxygen atoms in total. The number of carboxylic acids is 1. The second-order valence-electron chi connectivity index (χ2n) is 6.40. The Morgan fingerprint density at radius 2 is 1.93 bits per heavy atom. The number of aryl methyl sites for hydroxylation is 2. The van der Waals surface area contributed by atoms with Crippen molar-refractivity contribution in [3.63, 3.8) is 0 Å². The van der Waals surface area contributed by atoms with Crippen LogP contribution in [-0.2, 0) is 17.8 Å². The molecule has 2 aromatic heterocycles. The number of aromatic hydroxyl groups is 1. The van der Waals surface area contributed by atoms with E-state index in [4.69, 9.17) is 4.52 Å². The van der Waals surface area contributed by atoms with Crippen molar-refractivity contribution in [2.24, 2.45) is 0 Å². The maximum absolute atomic E-state index is 12.3. The van der Waals surface area contributed by atoms with E-state index < -0.39 is 5.97 Å². The molecule has 3 aromatic rings. The molecule has 3 rings (SSSR count). The summed E-state index contributed by atoms with van der Waals surface area (Å²) in [5, 5.41) is 25.4. The SMILES string of the molecule is CCn1cc(NC(=O)CCc2onc(-c3ccc(O)cc3)c2C)c(C(=O)O)c1.[H-].[K+]. The van der Waals surface area contributed by atoms with Gasteiger partial charge in [0.1, 0.15) is 22.8 Å². The first-order valence-corrected chi connectivity index (χ1v) is 8.86. The van der Waals surface area contributed by atoms with Crippen molar-refractivity contribution in [2.45, 2.75) is 33.2 Å². The number of carbonyl (C=O) groups excluding carboxylic acids is 1. The molecule has 3 N–H and O–H groups in total. The zero-order chi connectivity index (χ0) is 20.3. The van der Waals surface area contributed by atoms with Crippen LogP contribution in [0.3, 0.4) is 0 Å². The summed E-state index contributed by atoms with van der Waals surface area (Å²) in [6.45, 7) is 4.35. The summed E-state index contributed by atoms with van der Waals surface area (Å²) in [5.41, 5.74) is 2.62. The monoisotopic (exact) mass is 423 g/mol. The number of carboxylic acid groups (broad SMARTS) is 1. The number of carbonyl (C=O) groups is 2. The fraction of sp³-hybridized carbons (Fsp3) is 0.250. The molecule has 148 valence electrons. The van der Waals surface area contributed by atoms with Crippen LogP contribution in [-0.4, -0.2) is 31.8 Å². The van der Waals surface area contributed by atoms with Gasteiger partial charge >= 0.3 is 57.4 Å². The van der Waals surface area contributed by atoms with E-state index in [0.29, 0.717) is 24.4 Å². The first-order chi connectivity index (χ1) is 13.4. The van der Waals surface area contributed by atoms with Crippen molar-refractivity contribution in [1.29, 1.82) is 0 Å². The first-order valence-electron chi connectivity index (χ1n) is 8.86. The number of hydrogen-bond donors (Lipinski definition) is 3. The minimum Gasteiger partial charge on any atom is -1.00 e. The number of amides is 1. The normalized spacial score (nSPS) is 10.4. The number of anilines is 1. The van der Waals surface area contributed by atoms with Gasteiger partial charge in [0.05, 0.1) is 5.69 Å². The summed E-state index contributed by atoms with van der Waals surface area (Å²) >= 11 is 0. The van der Waals surface area contributed by atoms with Gasteiger partial charge < -0.3 is 26.0 Å². The average Bonchev–Trinajstić information content (AvgIpc) is 3.24. The second-order valence-corrected chi connectivity index (χ2v) is 6.40. The molecule has 2 heterocycles. The summed E-state index contributed by atoms with van der Waals surface area (Å²) in [6.07, 6.45) is 3.55. The Balaban J connectivity index is 0.00000225. The molecule has 0 aliphatic rings. The molecule has 0 bridgehead atoms. The van der Waals surface area contributed by atoms with E-state index in [0.717, 1.165) is 11.1 Å². The van der Waals surface area contributed by atoms with Crippen LogP contribution in [0.2, 0.25) is 0 Å². The van der Waals surface area contributed by atoms with Gasteiger partial charge in [0.25, 0.3) is 0 Å². The average molecular weight is 424 g/mol. The molecule has 0 radical (unpaired) electrons. The third-order valence-electron chi connectivity index (χ3n) is 4.49. The van der Waals surface area contributed by atoms with Crippen molar-refractivity contribution < 1.29 is 77.1 Å². The Bertz CT molecular complexity index is 1010. The molecule has 0 fully saturated rings. The minimum absolute atomic E-state index is 0. The van der Waals surface area contributed by atoms with Gasteiger partial charge in [-0.2, -0.15) is 0 Å². The zero-order valence-corrected chi connectivity index (χ0v) is 19.7. The molecule has 1 aromatic carbocycles. The third-order valence-corrected chi connectivity index (χ3v) is 4.49. The van der Waals surface area contributed by atoms with Crippen molar-refractivity contribution >= 4 is 17.6 Å². The quantitative estimate of drug-likeness (QED) is 0.478. The molecular weight excluding hydrogens is 401 g/mol. The maximum atomic E-state index is 12.3. The van der Waals surface area contributed by atoms with Crippen LogP contribution in [0, 0.1) is 6.92 Å². The van der Waals surface area contributed by atoms with E-state index in [-0.39, 0.29) is 82.1 Å². The number of nitrogens with one attached hydrogen (secondary N) is 1. The Labute approximate surface area is 211 Å². The maximum Gasteiger partial charge on any atom is 1.00 e. The van der Waals surface area contributed by atoms with E-state index in [2.05, 4.69) is 10.5 Å². The minimum atomic E-state index is -1.09. The number of phenolic OH excluding ortho intramolecular Hbond substituents is 1. The van der Waals surface area contributed by atoms with E-state index >= 15 is 0 Å². The molecule has 0 unspecified atom stereocenters. The standard InChI is InChI=1S/C20H21N3O5.K.H/c1-3-23-10-15(20(26)27)16(11-23)21-18(25)9-8-17-12(2)19(22-28-17)13-4-6-14(24)7-5-13;;/h4-7,10-11,24H,3,8-9H2,1-2H3,(H,21,25)(H,26,27);;/q;+1;-1. The summed E-state index contributed by atoms with van der Waals surface area (Å²) in [4.78, 5) is 23.6. The van der Waals surface area contributed by atoms with E-state index in [1.807, 2.05) is 13.8 Å². The topological polar surface area (TPSA) is 118 Å². The van der Waals surface area contributed by atoms with Crippen LogP contribution >= 0.6 is 0 Å². The Hall–Kier alpha value is -1.91. The van der Waals surface area contributed by atoms with Gasteiger partial charge in [-0.25, -0.2) is 4.79 Å². The fourth-order valence-corrected chi connectivity index (χ4v) is 2.89. The van der Waals surface area contributed by atoms with Crippen molar-refractivity contribution in [3.05, 3.63) is 53.5 Å². The fourth-order valence-electron chi connectivity index (χ4n) is 2.89. The van der Waals surface area contributed by atoms with Crippen molar-refractivity contribution in [1.82, 2.24) is 9.72 Å². The summed E-state index contributed by atoms with van der Waals surface area (Å²) < 4.78 is 7.07. The van der Waals surface area contributed by atoms with Crippen LogP contribution in [0.1, 0.15) is 36.5 Å². The van der Waals surface area contributed by atoms with E-state index in [9.17, 15) is 19.8 Å². The number of aromatic carboxylic acids is 1. The first kappa shape index (κ1) is 23.4. The molecular formula is C20H22KN3O5. The molecule has 9 heteroatoms. The number of rotatable bonds is 7. The third kappa shape index (κ3) is 5.58. The van der Waals surface area contributed by atoms with Gasteiger partial charge in [-0.15, -0.1) is 0 Å². The number of aromatic nitrogens is 2. The molecule has 0 aliphatic carbocycles. The summed E-state index contributed by atoms with van der Waals surface area (Å²) in [7, 11) is 0. The van der Waals surface area contributed by atoms with Crippen molar-refractivity contribution in [3.8, 4) is 17.0 Å². The van der Waals surface area contributed by atoms with Gasteiger partial charge in [0, 0.05) is 42.9 Å². The van der Waals surface area contributed by atoms with Gasteiger partial charge in [0.2, 0.25) is 5.91 Å². The predicted molar refractivity (Wildman–Crippen MR) is 103 cm³/mol. The van der Waals surface area contributed by atoms with Crippen LogP contribution < -0.4 is 56.7 Å². The molecule has 0 saturated carbocycles. The Morgan fingerprint density at radius 1 is 1.24 bits per heavy atom. The molecule has 0 saturated heterocycles. The van der Waals surface area contributed by atoms with Gasteiger partial charge in [0.15, 0.2) is 0 Å². The smallest absolute Gasteiger partial charge is 1.00 e.